The third-order valence-electron chi connectivity index (χ3n) is 3.24. The molecule has 2 atom stereocenters. The molecule has 0 amide bonds. The molecule has 1 rings (SSSR count). The van der Waals surface area contributed by atoms with E-state index in [0.717, 1.165) is 19.5 Å². The molecular formula is C12H21NO3. The van der Waals surface area contributed by atoms with Crippen molar-refractivity contribution in [2.75, 3.05) is 26.7 Å². The zero-order valence-electron chi connectivity index (χ0n) is 10.4. The Hall–Kier alpha value is -0.900. The lowest BCUT2D eigenvalue weighted by Crippen LogP contribution is -2.43. The normalized spacial score (nSPS) is 24.2. The maximum atomic E-state index is 11.5. The molecule has 1 saturated heterocycles. The maximum absolute atomic E-state index is 11.5. The van der Waals surface area contributed by atoms with E-state index in [9.17, 15) is 9.59 Å². The first-order valence-corrected chi connectivity index (χ1v) is 5.91. The van der Waals surface area contributed by atoms with Crippen LogP contribution in [0, 0.1) is 11.8 Å². The molecule has 1 heterocycles. The van der Waals surface area contributed by atoms with Gasteiger partial charge in [0.1, 0.15) is 5.78 Å². The molecular weight excluding hydrogens is 206 g/mol. The summed E-state index contributed by atoms with van der Waals surface area (Å²) in [7, 11) is 1.41. The fourth-order valence-electron chi connectivity index (χ4n) is 2.16. The van der Waals surface area contributed by atoms with Crippen molar-refractivity contribution in [1.29, 1.82) is 0 Å². The minimum atomic E-state index is -0.176. The van der Waals surface area contributed by atoms with Gasteiger partial charge >= 0.3 is 5.97 Å². The van der Waals surface area contributed by atoms with E-state index in [-0.39, 0.29) is 17.8 Å². The predicted octanol–water partition coefficient (Wildman–Crippen LogP) is 1.10. The summed E-state index contributed by atoms with van der Waals surface area (Å²) in [6, 6.07) is 0. The molecule has 1 aliphatic heterocycles. The van der Waals surface area contributed by atoms with Crippen LogP contribution in [0.25, 0.3) is 0 Å². The van der Waals surface area contributed by atoms with Crippen LogP contribution in [0.1, 0.15) is 26.7 Å². The van der Waals surface area contributed by atoms with Crippen LogP contribution in [0.4, 0.5) is 0 Å². The van der Waals surface area contributed by atoms with Gasteiger partial charge in [-0.05, 0) is 6.42 Å². The van der Waals surface area contributed by atoms with E-state index in [0.29, 0.717) is 18.7 Å². The molecule has 1 aliphatic rings. The van der Waals surface area contributed by atoms with Crippen molar-refractivity contribution in [2.45, 2.75) is 26.7 Å². The molecule has 0 aliphatic carbocycles. The summed E-state index contributed by atoms with van der Waals surface area (Å²) in [5, 5.41) is 0. The van der Waals surface area contributed by atoms with Crippen molar-refractivity contribution < 1.29 is 14.3 Å². The zero-order chi connectivity index (χ0) is 12.1. The number of esters is 1. The summed E-state index contributed by atoms with van der Waals surface area (Å²) in [6.07, 6.45) is 1.51. The van der Waals surface area contributed by atoms with Gasteiger partial charge in [-0.25, -0.2) is 0 Å². The monoisotopic (exact) mass is 227 g/mol. The highest BCUT2D eigenvalue weighted by Gasteiger charge is 2.27. The van der Waals surface area contributed by atoms with Gasteiger partial charge in [0.05, 0.1) is 13.0 Å². The summed E-state index contributed by atoms with van der Waals surface area (Å²) in [5.41, 5.74) is 0. The number of hydrogen-bond donors (Lipinski definition) is 0. The van der Waals surface area contributed by atoms with E-state index in [1.165, 1.54) is 7.11 Å². The van der Waals surface area contributed by atoms with Crippen LogP contribution in [-0.4, -0.2) is 43.4 Å². The van der Waals surface area contributed by atoms with Crippen molar-refractivity contribution in [2.24, 2.45) is 11.8 Å². The number of Topliss-reactive ketones (excluding diaryl/α,β-unsaturated/α-hetero) is 1. The van der Waals surface area contributed by atoms with Gasteiger partial charge in [-0.15, -0.1) is 0 Å². The molecule has 0 bridgehead atoms. The number of nitrogens with zero attached hydrogens (tertiary/aromatic N) is 1. The topological polar surface area (TPSA) is 46.6 Å². The second-order valence-electron chi connectivity index (χ2n) is 4.51. The lowest BCUT2D eigenvalue weighted by Gasteiger charge is -2.32. The quantitative estimate of drug-likeness (QED) is 0.675. The van der Waals surface area contributed by atoms with Gasteiger partial charge in [-0.3, -0.25) is 9.59 Å². The number of methoxy groups -OCH3 is 1. The minimum absolute atomic E-state index is 0.115. The Morgan fingerprint density at radius 3 is 2.88 bits per heavy atom. The van der Waals surface area contributed by atoms with Crippen molar-refractivity contribution in [3.05, 3.63) is 0 Å². The van der Waals surface area contributed by atoms with Gasteiger partial charge in [-0.2, -0.15) is 0 Å². The fourth-order valence-corrected chi connectivity index (χ4v) is 2.16. The minimum Gasteiger partial charge on any atom is -0.469 e. The zero-order valence-corrected chi connectivity index (χ0v) is 10.4. The van der Waals surface area contributed by atoms with Crippen LogP contribution in [0.15, 0.2) is 0 Å². The Balaban J connectivity index is 2.44. The lowest BCUT2D eigenvalue weighted by molar-refractivity contribution is -0.145. The molecule has 0 aromatic rings. The Morgan fingerprint density at radius 2 is 2.31 bits per heavy atom. The molecule has 4 nitrogen and oxygen atoms in total. The number of hydrogen-bond acceptors (Lipinski definition) is 4. The third-order valence-corrected chi connectivity index (χ3v) is 3.24. The first-order chi connectivity index (χ1) is 7.58. The molecule has 16 heavy (non-hydrogen) atoms. The number of ether oxygens (including phenoxy) is 1. The van der Waals surface area contributed by atoms with Crippen molar-refractivity contribution in [3.63, 3.8) is 0 Å². The third kappa shape index (κ3) is 3.30. The highest BCUT2D eigenvalue weighted by Crippen LogP contribution is 2.17. The average Bonchev–Trinajstić information content (AvgIpc) is 2.30. The molecule has 0 saturated carbocycles. The molecule has 0 spiro atoms. The van der Waals surface area contributed by atoms with E-state index in [4.69, 9.17) is 4.74 Å². The van der Waals surface area contributed by atoms with Gasteiger partial charge in [0.2, 0.25) is 0 Å². The van der Waals surface area contributed by atoms with E-state index < -0.39 is 0 Å². The molecule has 0 radical (unpaired) electrons. The Kier molecular flexibility index (Phi) is 4.93. The number of carbonyl (C=O) groups is 2. The molecule has 92 valence electrons. The standard InChI is InChI=1S/C12H21NO3/c1-4-10-8-13(6-5-11(10)14)7-9(2)12(15)16-3/h9-10H,4-8H2,1-3H3. The molecule has 4 heteroatoms. The van der Waals surface area contributed by atoms with Crippen LogP contribution in [0.3, 0.4) is 0 Å². The van der Waals surface area contributed by atoms with E-state index in [2.05, 4.69) is 4.90 Å². The van der Waals surface area contributed by atoms with E-state index in [1.807, 2.05) is 13.8 Å². The highest BCUT2D eigenvalue weighted by atomic mass is 16.5. The Morgan fingerprint density at radius 1 is 1.62 bits per heavy atom. The van der Waals surface area contributed by atoms with Crippen LogP contribution >= 0.6 is 0 Å². The number of piperidine rings is 1. The lowest BCUT2D eigenvalue weighted by atomic mass is 9.93. The second kappa shape index (κ2) is 5.99. The van der Waals surface area contributed by atoms with Gasteiger partial charge in [0.15, 0.2) is 0 Å². The molecule has 1 fully saturated rings. The van der Waals surface area contributed by atoms with Crippen molar-refractivity contribution in [1.82, 2.24) is 4.90 Å². The van der Waals surface area contributed by atoms with E-state index >= 15 is 0 Å². The summed E-state index contributed by atoms with van der Waals surface area (Å²) in [6.45, 7) is 6.16. The van der Waals surface area contributed by atoms with Crippen LogP contribution in [-0.2, 0) is 14.3 Å². The van der Waals surface area contributed by atoms with Crippen molar-refractivity contribution in [3.8, 4) is 0 Å². The summed E-state index contributed by atoms with van der Waals surface area (Å²) in [5.74, 6) is 0.226. The molecule has 0 aromatic heterocycles. The van der Waals surface area contributed by atoms with Gasteiger partial charge in [-0.1, -0.05) is 13.8 Å². The summed E-state index contributed by atoms with van der Waals surface area (Å²) in [4.78, 5) is 25.0. The second-order valence-corrected chi connectivity index (χ2v) is 4.51. The van der Waals surface area contributed by atoms with Crippen LogP contribution < -0.4 is 0 Å². The average molecular weight is 227 g/mol. The molecule has 2 unspecified atom stereocenters. The molecule has 0 aromatic carbocycles. The van der Waals surface area contributed by atoms with Gasteiger partial charge in [0.25, 0.3) is 0 Å². The van der Waals surface area contributed by atoms with Gasteiger partial charge in [0, 0.05) is 32.0 Å². The summed E-state index contributed by atoms with van der Waals surface area (Å²) >= 11 is 0. The largest absolute Gasteiger partial charge is 0.469 e. The smallest absolute Gasteiger partial charge is 0.309 e. The molecule has 0 N–H and O–H groups in total. The van der Waals surface area contributed by atoms with Crippen LogP contribution in [0.5, 0.6) is 0 Å². The Bertz CT molecular complexity index is 265. The Labute approximate surface area is 96.9 Å². The highest BCUT2D eigenvalue weighted by molar-refractivity contribution is 5.82. The maximum Gasteiger partial charge on any atom is 0.309 e. The summed E-state index contributed by atoms with van der Waals surface area (Å²) < 4.78 is 4.70. The SMILES string of the molecule is CCC1CN(CC(C)C(=O)OC)CCC1=O. The first-order valence-electron chi connectivity index (χ1n) is 5.91. The van der Waals surface area contributed by atoms with Crippen LogP contribution in [0.2, 0.25) is 0 Å². The number of rotatable bonds is 4. The van der Waals surface area contributed by atoms with Crippen molar-refractivity contribution >= 4 is 11.8 Å². The number of likely N-dealkylation sites (tertiary alicyclic amines) is 1. The fraction of sp³-hybridized carbons (Fsp3) is 0.833. The van der Waals surface area contributed by atoms with E-state index in [1.54, 1.807) is 0 Å². The van der Waals surface area contributed by atoms with Gasteiger partial charge < -0.3 is 9.64 Å². The first kappa shape index (κ1) is 13.2. The number of ketones is 1. The predicted molar refractivity (Wildman–Crippen MR) is 61.0 cm³/mol. The number of carbonyl (C=O) groups excluding carboxylic acids is 2.